The van der Waals surface area contributed by atoms with Gasteiger partial charge in [0, 0.05) is 17.1 Å². The molecular formula is C21H19N3. The van der Waals surface area contributed by atoms with E-state index in [1.54, 1.807) is 0 Å². The lowest BCUT2D eigenvalue weighted by Crippen LogP contribution is -1.97. The molecule has 24 heavy (non-hydrogen) atoms. The third-order valence-corrected chi connectivity index (χ3v) is 4.26. The van der Waals surface area contributed by atoms with Crippen molar-refractivity contribution in [1.29, 1.82) is 0 Å². The maximum absolute atomic E-state index is 4.71. The van der Waals surface area contributed by atoms with Gasteiger partial charge in [-0.15, -0.1) is 0 Å². The highest BCUT2D eigenvalue weighted by Crippen LogP contribution is 2.27. The summed E-state index contributed by atoms with van der Waals surface area (Å²) in [7, 11) is 0. The largest absolute Gasteiger partial charge is 0.236 e. The summed E-state index contributed by atoms with van der Waals surface area (Å²) in [5, 5.41) is 5.78. The summed E-state index contributed by atoms with van der Waals surface area (Å²) in [6.45, 7) is 6.29. The summed E-state index contributed by atoms with van der Waals surface area (Å²) >= 11 is 0. The number of rotatable bonds is 2. The minimum Gasteiger partial charge on any atom is -0.236 e. The maximum atomic E-state index is 4.71. The van der Waals surface area contributed by atoms with Crippen LogP contribution in [0.4, 0.5) is 0 Å². The first kappa shape index (κ1) is 14.6. The molecule has 0 atom stereocenters. The third kappa shape index (κ3) is 2.48. The van der Waals surface area contributed by atoms with Crippen molar-refractivity contribution in [3.05, 3.63) is 77.6 Å². The Morgan fingerprint density at radius 3 is 2.21 bits per heavy atom. The minimum absolute atomic E-state index is 0.895. The van der Waals surface area contributed by atoms with Crippen LogP contribution >= 0.6 is 0 Å². The lowest BCUT2D eigenvalue weighted by Gasteiger charge is -2.06. The summed E-state index contributed by atoms with van der Waals surface area (Å²) in [5.74, 6) is 0. The Labute approximate surface area is 141 Å². The fraction of sp³-hybridized carbons (Fsp3) is 0.143. The summed E-state index contributed by atoms with van der Waals surface area (Å²) < 4.78 is 1.91. The fourth-order valence-electron chi connectivity index (χ4n) is 3.19. The molecule has 0 radical (unpaired) electrons. The quantitative estimate of drug-likeness (QED) is 0.520. The Morgan fingerprint density at radius 2 is 1.50 bits per heavy atom. The highest BCUT2D eigenvalue weighted by Gasteiger charge is 2.12. The molecule has 2 aromatic carbocycles. The molecule has 0 saturated carbocycles. The standard InChI is InChI=1S/C21H19N3/c1-14-9-15(2)11-17(10-14)18-12-20-16(3)23-24(21(20)22-13-18)19-7-5-4-6-8-19/h4-13H,1-3H3. The molecule has 3 nitrogen and oxygen atoms in total. The van der Waals surface area contributed by atoms with E-state index >= 15 is 0 Å². The molecule has 3 heteroatoms. The molecular weight excluding hydrogens is 294 g/mol. The Kier molecular flexibility index (Phi) is 3.42. The van der Waals surface area contributed by atoms with Crippen LogP contribution in [0.5, 0.6) is 0 Å². The zero-order valence-corrected chi connectivity index (χ0v) is 14.1. The number of hydrogen-bond donors (Lipinski definition) is 0. The molecule has 0 fully saturated rings. The minimum atomic E-state index is 0.895. The first-order valence-corrected chi connectivity index (χ1v) is 8.11. The fourth-order valence-corrected chi connectivity index (χ4v) is 3.19. The van der Waals surface area contributed by atoms with Gasteiger partial charge >= 0.3 is 0 Å². The Bertz CT molecular complexity index is 1010. The number of pyridine rings is 1. The Morgan fingerprint density at radius 1 is 0.792 bits per heavy atom. The van der Waals surface area contributed by atoms with Gasteiger partial charge in [0.1, 0.15) is 0 Å². The van der Waals surface area contributed by atoms with Crippen molar-refractivity contribution in [1.82, 2.24) is 14.8 Å². The predicted molar refractivity (Wildman–Crippen MR) is 98.5 cm³/mol. The number of nitrogens with zero attached hydrogens (tertiary/aromatic N) is 3. The lowest BCUT2D eigenvalue weighted by atomic mass is 10.0. The normalized spacial score (nSPS) is 11.1. The summed E-state index contributed by atoms with van der Waals surface area (Å²) in [6, 6.07) is 18.9. The average Bonchev–Trinajstić information content (AvgIpc) is 2.91. The summed E-state index contributed by atoms with van der Waals surface area (Å²) in [5.41, 5.74) is 7.78. The summed E-state index contributed by atoms with van der Waals surface area (Å²) in [4.78, 5) is 4.71. The number of fused-ring (bicyclic) bond motifs is 1. The molecule has 0 aliphatic heterocycles. The molecule has 0 amide bonds. The molecule has 0 aliphatic rings. The van der Waals surface area contributed by atoms with Gasteiger partial charge in [-0.1, -0.05) is 47.5 Å². The van der Waals surface area contributed by atoms with Crippen LogP contribution < -0.4 is 0 Å². The van der Waals surface area contributed by atoms with E-state index in [0.29, 0.717) is 0 Å². The van der Waals surface area contributed by atoms with Crippen molar-refractivity contribution in [2.75, 3.05) is 0 Å². The van der Waals surface area contributed by atoms with Crippen LogP contribution in [0.1, 0.15) is 16.8 Å². The first-order valence-electron chi connectivity index (χ1n) is 8.11. The second-order valence-electron chi connectivity index (χ2n) is 6.30. The Balaban J connectivity index is 1.89. The van der Waals surface area contributed by atoms with E-state index in [-0.39, 0.29) is 0 Å². The van der Waals surface area contributed by atoms with Crippen molar-refractivity contribution < 1.29 is 0 Å². The number of para-hydroxylation sites is 1. The number of aryl methyl sites for hydroxylation is 3. The Hall–Kier alpha value is -2.94. The van der Waals surface area contributed by atoms with Gasteiger partial charge in [0.05, 0.1) is 11.4 Å². The van der Waals surface area contributed by atoms with Crippen molar-refractivity contribution in [3.63, 3.8) is 0 Å². The predicted octanol–water partition coefficient (Wildman–Crippen LogP) is 5.01. The molecule has 118 valence electrons. The van der Waals surface area contributed by atoms with Crippen LogP contribution in [-0.2, 0) is 0 Å². The van der Waals surface area contributed by atoms with Crippen LogP contribution in [0.2, 0.25) is 0 Å². The van der Waals surface area contributed by atoms with Gasteiger partial charge in [-0.3, -0.25) is 0 Å². The van der Waals surface area contributed by atoms with E-state index in [9.17, 15) is 0 Å². The van der Waals surface area contributed by atoms with Crippen LogP contribution in [0, 0.1) is 20.8 Å². The molecule has 0 spiro atoms. The lowest BCUT2D eigenvalue weighted by molar-refractivity contribution is 0.878. The van der Waals surface area contributed by atoms with Gasteiger partial charge in [0.25, 0.3) is 0 Å². The van der Waals surface area contributed by atoms with Crippen LogP contribution in [0.3, 0.4) is 0 Å². The van der Waals surface area contributed by atoms with Gasteiger partial charge in [-0.25, -0.2) is 9.67 Å². The van der Waals surface area contributed by atoms with Crippen LogP contribution in [0.15, 0.2) is 60.8 Å². The molecule has 4 aromatic rings. The SMILES string of the molecule is Cc1cc(C)cc(-c2cnc3c(c2)c(C)nn3-c2ccccc2)c1. The van der Waals surface area contributed by atoms with Crippen molar-refractivity contribution >= 4 is 11.0 Å². The zero-order valence-electron chi connectivity index (χ0n) is 14.1. The smallest absolute Gasteiger partial charge is 0.163 e. The number of aromatic nitrogens is 3. The van der Waals surface area contributed by atoms with Gasteiger partial charge < -0.3 is 0 Å². The van der Waals surface area contributed by atoms with Crippen molar-refractivity contribution in [3.8, 4) is 16.8 Å². The monoisotopic (exact) mass is 313 g/mol. The molecule has 2 aromatic heterocycles. The van der Waals surface area contributed by atoms with E-state index in [1.165, 1.54) is 16.7 Å². The van der Waals surface area contributed by atoms with Gasteiger partial charge in [0.2, 0.25) is 0 Å². The second-order valence-corrected chi connectivity index (χ2v) is 6.30. The highest BCUT2D eigenvalue weighted by atomic mass is 15.3. The van der Waals surface area contributed by atoms with Gasteiger partial charge in [0.15, 0.2) is 5.65 Å². The maximum Gasteiger partial charge on any atom is 0.163 e. The van der Waals surface area contributed by atoms with Crippen LogP contribution in [0.25, 0.3) is 27.8 Å². The van der Waals surface area contributed by atoms with E-state index in [4.69, 9.17) is 4.98 Å². The number of hydrogen-bond acceptors (Lipinski definition) is 2. The molecule has 2 heterocycles. The molecule has 0 unspecified atom stereocenters. The topological polar surface area (TPSA) is 30.7 Å². The third-order valence-electron chi connectivity index (χ3n) is 4.26. The highest BCUT2D eigenvalue weighted by molar-refractivity contribution is 5.84. The molecule has 0 bridgehead atoms. The van der Waals surface area contributed by atoms with E-state index in [0.717, 1.165) is 28.0 Å². The molecule has 0 aliphatic carbocycles. The van der Waals surface area contributed by atoms with Crippen molar-refractivity contribution in [2.45, 2.75) is 20.8 Å². The van der Waals surface area contributed by atoms with Crippen molar-refractivity contribution in [2.24, 2.45) is 0 Å². The van der Waals surface area contributed by atoms with Crippen LogP contribution in [-0.4, -0.2) is 14.8 Å². The average molecular weight is 313 g/mol. The van der Waals surface area contributed by atoms with E-state index in [1.807, 2.05) is 48.1 Å². The second kappa shape index (κ2) is 5.60. The zero-order chi connectivity index (χ0) is 16.7. The van der Waals surface area contributed by atoms with Gasteiger partial charge in [-0.2, -0.15) is 5.10 Å². The number of benzene rings is 2. The molecule has 0 N–H and O–H groups in total. The van der Waals surface area contributed by atoms with E-state index in [2.05, 4.69) is 43.2 Å². The van der Waals surface area contributed by atoms with E-state index < -0.39 is 0 Å². The van der Waals surface area contributed by atoms with Gasteiger partial charge in [-0.05, 0) is 44.5 Å². The molecule has 4 rings (SSSR count). The molecule has 0 saturated heterocycles. The first-order chi connectivity index (χ1) is 11.6. The summed E-state index contributed by atoms with van der Waals surface area (Å²) in [6.07, 6.45) is 1.94.